The molecule has 1 atom stereocenters. The summed E-state index contributed by atoms with van der Waals surface area (Å²) in [6.45, 7) is 11.3. The van der Waals surface area contributed by atoms with Crippen LogP contribution in [-0.2, 0) is 0 Å². The van der Waals surface area contributed by atoms with Crippen LogP contribution in [0.4, 0.5) is 5.82 Å². The smallest absolute Gasteiger partial charge is 0.129 e. The van der Waals surface area contributed by atoms with Gasteiger partial charge in [0.15, 0.2) is 0 Å². The predicted octanol–water partition coefficient (Wildman–Crippen LogP) is 2.74. The largest absolute Gasteiger partial charge is 0.370 e. The summed E-state index contributed by atoms with van der Waals surface area (Å²) in [5.41, 5.74) is 1.10. The highest BCUT2D eigenvalue weighted by Gasteiger charge is 2.14. The minimum atomic E-state index is 0.450. The quantitative estimate of drug-likeness (QED) is 0.856. The number of anilines is 1. The fourth-order valence-corrected chi connectivity index (χ4v) is 2.53. The Morgan fingerprint density at radius 2 is 1.95 bits per heavy atom. The Morgan fingerprint density at radius 3 is 2.63 bits per heavy atom. The highest BCUT2D eigenvalue weighted by Crippen LogP contribution is 2.14. The van der Waals surface area contributed by atoms with Crippen molar-refractivity contribution < 1.29 is 0 Å². The van der Waals surface area contributed by atoms with Crippen LogP contribution >= 0.6 is 0 Å². The first-order chi connectivity index (χ1) is 9.15. The molecule has 0 saturated carbocycles. The lowest BCUT2D eigenvalue weighted by atomic mass is 10.1. The van der Waals surface area contributed by atoms with Crippen LogP contribution in [-0.4, -0.2) is 41.0 Å². The van der Waals surface area contributed by atoms with Crippen LogP contribution in [0.25, 0.3) is 0 Å². The molecular weight excluding hydrogens is 236 g/mol. The molecule has 0 radical (unpaired) electrons. The first-order valence-electron chi connectivity index (χ1n) is 7.43. The molecule has 4 nitrogen and oxygen atoms in total. The fraction of sp³-hybridized carbons (Fsp3) is 0.733. The van der Waals surface area contributed by atoms with Crippen molar-refractivity contribution >= 4 is 5.82 Å². The van der Waals surface area contributed by atoms with Gasteiger partial charge in [0.05, 0.1) is 0 Å². The number of likely N-dealkylation sites (tertiary alicyclic amines) is 1. The van der Waals surface area contributed by atoms with E-state index in [9.17, 15) is 0 Å². The van der Waals surface area contributed by atoms with Crippen LogP contribution in [0.2, 0.25) is 0 Å². The van der Waals surface area contributed by atoms with E-state index in [4.69, 9.17) is 0 Å². The van der Waals surface area contributed by atoms with Gasteiger partial charge in [0.1, 0.15) is 12.1 Å². The number of hydrogen-bond donors (Lipinski definition) is 1. The van der Waals surface area contributed by atoms with Gasteiger partial charge in [0, 0.05) is 24.8 Å². The zero-order chi connectivity index (χ0) is 13.7. The Kier molecular flexibility index (Phi) is 5.14. The molecule has 1 aromatic heterocycles. The molecule has 2 heterocycles. The van der Waals surface area contributed by atoms with Crippen molar-refractivity contribution in [3.63, 3.8) is 0 Å². The van der Waals surface area contributed by atoms with Gasteiger partial charge in [-0.05, 0) is 37.8 Å². The highest BCUT2D eigenvalue weighted by atomic mass is 15.1. The lowest BCUT2D eigenvalue weighted by Crippen LogP contribution is -2.29. The van der Waals surface area contributed by atoms with Gasteiger partial charge in [0.2, 0.25) is 0 Å². The maximum Gasteiger partial charge on any atom is 0.129 e. The molecule has 2 rings (SSSR count). The Hall–Kier alpha value is -1.16. The number of nitrogens with zero attached hydrogens (tertiary/aromatic N) is 3. The molecule has 1 N–H and O–H groups in total. The van der Waals surface area contributed by atoms with E-state index in [1.807, 2.05) is 0 Å². The van der Waals surface area contributed by atoms with Crippen molar-refractivity contribution in [2.45, 2.75) is 39.5 Å². The van der Waals surface area contributed by atoms with Crippen LogP contribution in [0.3, 0.4) is 0 Å². The van der Waals surface area contributed by atoms with E-state index in [0.717, 1.165) is 18.1 Å². The lowest BCUT2D eigenvalue weighted by Gasteiger charge is -2.20. The predicted molar refractivity (Wildman–Crippen MR) is 79.4 cm³/mol. The molecule has 0 aromatic carbocycles. The fourth-order valence-electron chi connectivity index (χ4n) is 2.53. The first-order valence-corrected chi connectivity index (χ1v) is 7.43. The average molecular weight is 262 g/mol. The van der Waals surface area contributed by atoms with Crippen LogP contribution in [0.15, 0.2) is 12.4 Å². The molecule has 1 aromatic rings. The standard InChI is InChI=1S/C15H26N4/c1-12(2)14-8-15(18-11-17-14)16-9-13(3)10-19-6-4-5-7-19/h8,11-13H,4-7,9-10H2,1-3H3,(H,16,17,18). The third kappa shape index (κ3) is 4.46. The van der Waals surface area contributed by atoms with E-state index in [0.29, 0.717) is 11.8 Å². The number of hydrogen-bond acceptors (Lipinski definition) is 4. The maximum absolute atomic E-state index is 4.29. The maximum atomic E-state index is 4.29. The van der Waals surface area contributed by atoms with Crippen LogP contribution in [0, 0.1) is 5.92 Å². The first kappa shape index (κ1) is 14.3. The zero-order valence-corrected chi connectivity index (χ0v) is 12.4. The molecule has 0 aliphatic carbocycles. The SMILES string of the molecule is CC(CNc1cc(C(C)C)ncn1)CN1CCCC1. The van der Waals surface area contributed by atoms with E-state index in [2.05, 4.69) is 47.0 Å². The second-order valence-corrected chi connectivity index (χ2v) is 5.98. The minimum Gasteiger partial charge on any atom is -0.370 e. The third-order valence-electron chi connectivity index (χ3n) is 3.68. The molecule has 1 aliphatic heterocycles. The lowest BCUT2D eigenvalue weighted by molar-refractivity contribution is 0.294. The van der Waals surface area contributed by atoms with E-state index in [-0.39, 0.29) is 0 Å². The topological polar surface area (TPSA) is 41.1 Å². The van der Waals surface area contributed by atoms with Gasteiger partial charge < -0.3 is 10.2 Å². The molecule has 1 fully saturated rings. The molecule has 0 spiro atoms. The summed E-state index contributed by atoms with van der Waals surface area (Å²) in [5.74, 6) is 2.05. The van der Waals surface area contributed by atoms with Crippen LogP contribution in [0.5, 0.6) is 0 Å². The Morgan fingerprint density at radius 1 is 1.21 bits per heavy atom. The third-order valence-corrected chi connectivity index (χ3v) is 3.68. The normalized spacial score (nSPS) is 17.9. The molecule has 0 amide bonds. The Labute approximate surface area is 116 Å². The minimum absolute atomic E-state index is 0.450. The van der Waals surface area contributed by atoms with Gasteiger partial charge in [-0.2, -0.15) is 0 Å². The average Bonchev–Trinajstić information content (AvgIpc) is 2.89. The molecule has 19 heavy (non-hydrogen) atoms. The van der Waals surface area contributed by atoms with Gasteiger partial charge in [-0.1, -0.05) is 20.8 Å². The summed E-state index contributed by atoms with van der Waals surface area (Å²) in [6, 6.07) is 2.06. The summed E-state index contributed by atoms with van der Waals surface area (Å²) >= 11 is 0. The van der Waals surface area contributed by atoms with Gasteiger partial charge in [-0.15, -0.1) is 0 Å². The second kappa shape index (κ2) is 6.85. The summed E-state index contributed by atoms with van der Waals surface area (Å²) in [7, 11) is 0. The van der Waals surface area contributed by atoms with Crippen molar-refractivity contribution in [1.29, 1.82) is 0 Å². The highest BCUT2D eigenvalue weighted by molar-refractivity contribution is 5.35. The van der Waals surface area contributed by atoms with E-state index in [1.165, 1.54) is 32.5 Å². The molecule has 0 bridgehead atoms. The Bertz CT molecular complexity index is 385. The second-order valence-electron chi connectivity index (χ2n) is 5.98. The van der Waals surface area contributed by atoms with Gasteiger partial charge in [-0.25, -0.2) is 9.97 Å². The van der Waals surface area contributed by atoms with Crippen LogP contribution in [0.1, 0.15) is 45.2 Å². The summed E-state index contributed by atoms with van der Waals surface area (Å²) in [5, 5.41) is 3.44. The molecule has 1 unspecified atom stereocenters. The Balaban J connectivity index is 1.79. The van der Waals surface area contributed by atoms with Gasteiger partial charge in [0.25, 0.3) is 0 Å². The number of aromatic nitrogens is 2. The monoisotopic (exact) mass is 262 g/mol. The van der Waals surface area contributed by atoms with Crippen molar-refractivity contribution in [2.75, 3.05) is 31.5 Å². The van der Waals surface area contributed by atoms with E-state index < -0.39 is 0 Å². The van der Waals surface area contributed by atoms with Crippen LogP contribution < -0.4 is 5.32 Å². The van der Waals surface area contributed by atoms with Crippen molar-refractivity contribution in [3.8, 4) is 0 Å². The molecular formula is C15H26N4. The van der Waals surface area contributed by atoms with E-state index in [1.54, 1.807) is 6.33 Å². The van der Waals surface area contributed by atoms with Gasteiger partial charge >= 0.3 is 0 Å². The summed E-state index contributed by atoms with van der Waals surface area (Å²) < 4.78 is 0. The van der Waals surface area contributed by atoms with Crippen molar-refractivity contribution in [1.82, 2.24) is 14.9 Å². The number of nitrogens with one attached hydrogen (secondary N) is 1. The van der Waals surface area contributed by atoms with Gasteiger partial charge in [-0.3, -0.25) is 0 Å². The molecule has 4 heteroatoms. The van der Waals surface area contributed by atoms with E-state index >= 15 is 0 Å². The molecule has 1 aliphatic rings. The summed E-state index contributed by atoms with van der Waals surface area (Å²) in [6.07, 6.45) is 4.39. The molecule has 1 saturated heterocycles. The zero-order valence-electron chi connectivity index (χ0n) is 12.4. The van der Waals surface area contributed by atoms with Crippen molar-refractivity contribution in [2.24, 2.45) is 5.92 Å². The molecule has 106 valence electrons. The summed E-state index contributed by atoms with van der Waals surface area (Å²) in [4.78, 5) is 11.1. The number of rotatable bonds is 6. The van der Waals surface area contributed by atoms with Crippen molar-refractivity contribution in [3.05, 3.63) is 18.1 Å².